The van der Waals surface area contributed by atoms with Crippen LogP contribution in [-0.2, 0) is 0 Å². The van der Waals surface area contributed by atoms with Crippen molar-refractivity contribution in [3.8, 4) is 0 Å². The summed E-state index contributed by atoms with van der Waals surface area (Å²) in [6, 6.07) is 0. The van der Waals surface area contributed by atoms with Gasteiger partial charge in [0.15, 0.2) is 0 Å². The van der Waals surface area contributed by atoms with Crippen LogP contribution in [0.15, 0.2) is 0 Å². The summed E-state index contributed by atoms with van der Waals surface area (Å²) in [6.45, 7) is 2.31. The Bertz CT molecular complexity index is 122. The molecule has 0 aromatic carbocycles. The normalized spacial score (nSPS) is 19.9. The maximum Gasteiger partial charge on any atom is 0.232 e. The largest absolute Gasteiger partial charge is 1.00 e. The van der Waals surface area contributed by atoms with Gasteiger partial charge < -0.3 is 12.4 Å². The molecule has 1 aliphatic heterocycles. The van der Waals surface area contributed by atoms with Crippen molar-refractivity contribution in [2.24, 2.45) is 0 Å². The van der Waals surface area contributed by atoms with Gasteiger partial charge in [0.05, 0.1) is 0 Å². The van der Waals surface area contributed by atoms with Gasteiger partial charge in [-0.2, -0.15) is 0 Å². The molecular formula is C9H17Cl2N. The quantitative estimate of drug-likeness (QED) is 0.480. The van der Waals surface area contributed by atoms with Gasteiger partial charge in [-0.05, 0) is 24.4 Å². The number of nitrogens with zero attached hydrogens (tertiary/aromatic N) is 1. The smallest absolute Gasteiger partial charge is 0.232 e. The van der Waals surface area contributed by atoms with Crippen LogP contribution in [0.25, 0.3) is 0 Å². The maximum atomic E-state index is 5.66. The summed E-state index contributed by atoms with van der Waals surface area (Å²) >= 11 is 5.66. The van der Waals surface area contributed by atoms with E-state index in [0.29, 0.717) is 0 Å². The monoisotopic (exact) mass is 209 g/mol. The van der Waals surface area contributed by atoms with E-state index in [4.69, 9.17) is 11.6 Å². The first-order valence-electron chi connectivity index (χ1n) is 4.61. The molecule has 1 nitrogen and oxygen atoms in total. The van der Waals surface area contributed by atoms with Gasteiger partial charge in [0.1, 0.15) is 13.1 Å². The molecule has 3 heteroatoms. The molecule has 0 amide bonds. The highest BCUT2D eigenvalue weighted by Crippen LogP contribution is 2.08. The van der Waals surface area contributed by atoms with E-state index in [1.165, 1.54) is 38.5 Å². The molecule has 12 heavy (non-hydrogen) atoms. The average Bonchev–Trinajstić information content (AvgIpc) is 2.16. The second-order valence-electron chi connectivity index (χ2n) is 3.25. The van der Waals surface area contributed by atoms with E-state index in [2.05, 4.69) is 4.58 Å². The average molecular weight is 210 g/mol. The fourth-order valence-corrected chi connectivity index (χ4v) is 1.74. The van der Waals surface area contributed by atoms with Gasteiger partial charge in [0.25, 0.3) is 0 Å². The first-order valence-corrected chi connectivity index (χ1v) is 5.05. The van der Waals surface area contributed by atoms with E-state index < -0.39 is 0 Å². The lowest BCUT2D eigenvalue weighted by atomic mass is 10.1. The Hall–Kier alpha value is 0.250. The van der Waals surface area contributed by atoms with Gasteiger partial charge in [0.2, 0.25) is 5.67 Å². The number of hydrogen-bond acceptors (Lipinski definition) is 0. The maximum absolute atomic E-state index is 5.66. The zero-order valence-electron chi connectivity index (χ0n) is 7.44. The molecule has 1 saturated heterocycles. The SMILES string of the molecule is ClC=[N+]1CCCCCCCC1.[Cl-]. The Morgan fingerprint density at radius 1 is 0.833 bits per heavy atom. The molecule has 0 aromatic rings. The fourth-order valence-electron chi connectivity index (χ4n) is 1.55. The van der Waals surface area contributed by atoms with Crippen LogP contribution in [0.4, 0.5) is 0 Å². The lowest BCUT2D eigenvalue weighted by Gasteiger charge is -1.97. The summed E-state index contributed by atoms with van der Waals surface area (Å²) < 4.78 is 2.23. The highest BCUT2D eigenvalue weighted by molar-refractivity contribution is 6.54. The third-order valence-corrected chi connectivity index (χ3v) is 2.55. The van der Waals surface area contributed by atoms with E-state index in [9.17, 15) is 0 Å². The predicted octanol–water partition coefficient (Wildman–Crippen LogP) is -0.376. The molecule has 0 unspecified atom stereocenters. The first-order chi connectivity index (χ1) is 5.43. The Morgan fingerprint density at radius 2 is 1.25 bits per heavy atom. The predicted molar refractivity (Wildman–Crippen MR) is 49.6 cm³/mol. The van der Waals surface area contributed by atoms with Gasteiger partial charge in [-0.1, -0.05) is 12.8 Å². The third kappa shape index (κ3) is 5.00. The van der Waals surface area contributed by atoms with Gasteiger partial charge in [-0.15, -0.1) is 0 Å². The van der Waals surface area contributed by atoms with Gasteiger partial charge in [-0.25, -0.2) is 4.58 Å². The molecule has 0 atom stereocenters. The van der Waals surface area contributed by atoms with E-state index in [1.54, 1.807) is 5.67 Å². The first kappa shape index (κ1) is 12.2. The molecule has 1 fully saturated rings. The topological polar surface area (TPSA) is 3.01 Å². The van der Waals surface area contributed by atoms with Crippen LogP contribution >= 0.6 is 11.6 Å². The van der Waals surface area contributed by atoms with Crippen molar-refractivity contribution in [1.82, 2.24) is 0 Å². The molecule has 0 bridgehead atoms. The molecule has 0 spiro atoms. The second-order valence-corrected chi connectivity index (χ2v) is 3.45. The van der Waals surface area contributed by atoms with Crippen LogP contribution < -0.4 is 12.4 Å². The minimum Gasteiger partial charge on any atom is -1.00 e. The summed E-state index contributed by atoms with van der Waals surface area (Å²) in [5.74, 6) is 0. The molecule has 0 radical (unpaired) electrons. The zero-order valence-corrected chi connectivity index (χ0v) is 8.95. The van der Waals surface area contributed by atoms with Crippen LogP contribution in [0.3, 0.4) is 0 Å². The summed E-state index contributed by atoms with van der Waals surface area (Å²) in [5, 5.41) is 0. The van der Waals surface area contributed by atoms with Gasteiger partial charge in [-0.3, -0.25) is 0 Å². The highest BCUT2D eigenvalue weighted by atomic mass is 35.5. The highest BCUT2D eigenvalue weighted by Gasteiger charge is 2.05. The lowest BCUT2D eigenvalue weighted by molar-refractivity contribution is -0.522. The summed E-state index contributed by atoms with van der Waals surface area (Å²) in [5.41, 5.74) is 1.71. The van der Waals surface area contributed by atoms with Crippen LogP contribution in [0.5, 0.6) is 0 Å². The lowest BCUT2D eigenvalue weighted by Crippen LogP contribution is -3.00. The van der Waals surface area contributed by atoms with Crippen molar-refractivity contribution in [2.45, 2.75) is 38.5 Å². The van der Waals surface area contributed by atoms with Crippen LogP contribution in [-0.4, -0.2) is 23.3 Å². The van der Waals surface area contributed by atoms with E-state index in [0.717, 1.165) is 13.1 Å². The number of halogens is 2. The van der Waals surface area contributed by atoms with Crippen molar-refractivity contribution in [3.05, 3.63) is 0 Å². The van der Waals surface area contributed by atoms with E-state index in [1.807, 2.05) is 0 Å². The van der Waals surface area contributed by atoms with E-state index >= 15 is 0 Å². The van der Waals surface area contributed by atoms with Crippen molar-refractivity contribution >= 4 is 17.3 Å². The Balaban J connectivity index is 0.00000121. The molecule has 0 aromatic heterocycles. The van der Waals surface area contributed by atoms with Crippen LogP contribution in [0.2, 0.25) is 0 Å². The van der Waals surface area contributed by atoms with Gasteiger partial charge >= 0.3 is 0 Å². The molecule has 1 heterocycles. The second kappa shape index (κ2) is 7.88. The standard InChI is InChI=1S/C9H17ClN.ClH/c10-9-11-7-5-3-1-2-4-6-8-11;/h9H,1-8H2;1H/q+1;/p-1. The van der Waals surface area contributed by atoms with Crippen molar-refractivity contribution in [3.63, 3.8) is 0 Å². The van der Waals surface area contributed by atoms with Crippen molar-refractivity contribution < 1.29 is 17.0 Å². The minimum absolute atomic E-state index is 0. The number of hydrogen-bond donors (Lipinski definition) is 0. The Morgan fingerprint density at radius 3 is 1.67 bits per heavy atom. The minimum atomic E-state index is 0. The molecule has 0 saturated carbocycles. The summed E-state index contributed by atoms with van der Waals surface area (Å²) in [6.07, 6.45) is 8.20. The van der Waals surface area contributed by atoms with Crippen LogP contribution in [0.1, 0.15) is 38.5 Å². The molecule has 0 aliphatic carbocycles. The molecule has 0 N–H and O–H groups in total. The Kier molecular flexibility index (Phi) is 8.04. The van der Waals surface area contributed by atoms with E-state index in [-0.39, 0.29) is 12.4 Å². The molecule has 1 aliphatic rings. The number of rotatable bonds is 0. The molecule has 1 rings (SSSR count). The van der Waals surface area contributed by atoms with Crippen molar-refractivity contribution in [1.29, 1.82) is 0 Å². The Labute approximate surface area is 86.2 Å². The fraction of sp³-hybridized carbons (Fsp3) is 0.889. The molecular weight excluding hydrogens is 193 g/mol. The molecule has 72 valence electrons. The van der Waals surface area contributed by atoms with Crippen molar-refractivity contribution in [2.75, 3.05) is 13.1 Å². The third-order valence-electron chi connectivity index (χ3n) is 2.28. The summed E-state index contributed by atoms with van der Waals surface area (Å²) in [4.78, 5) is 0. The van der Waals surface area contributed by atoms with Gasteiger partial charge in [0, 0.05) is 12.8 Å². The van der Waals surface area contributed by atoms with Crippen LogP contribution in [0, 0.1) is 0 Å². The summed E-state index contributed by atoms with van der Waals surface area (Å²) in [7, 11) is 0. The zero-order chi connectivity index (χ0) is 7.94.